The van der Waals surface area contributed by atoms with Crippen LogP contribution >= 0.6 is 0 Å². The molecule has 0 amide bonds. The van der Waals surface area contributed by atoms with Gasteiger partial charge >= 0.3 is 5.97 Å². The standard InChI is InChI=1S/C13H17NO3/c1-9-13(2,7-8-17-9)14-11-6-4-3-5-10(11)12(15)16/h3-6,9,14H,7-8H2,1-2H3,(H,15,16). The number of anilines is 1. The number of carboxylic acid groups (broad SMARTS) is 1. The van der Waals surface area contributed by atoms with Gasteiger partial charge in [-0.1, -0.05) is 12.1 Å². The van der Waals surface area contributed by atoms with Crippen molar-refractivity contribution in [1.29, 1.82) is 0 Å². The van der Waals surface area contributed by atoms with E-state index >= 15 is 0 Å². The predicted octanol–water partition coefficient (Wildman–Crippen LogP) is 2.36. The van der Waals surface area contributed by atoms with Crippen LogP contribution in [0.3, 0.4) is 0 Å². The molecule has 0 bridgehead atoms. The van der Waals surface area contributed by atoms with Crippen LogP contribution in [-0.4, -0.2) is 29.3 Å². The topological polar surface area (TPSA) is 58.6 Å². The molecule has 2 N–H and O–H groups in total. The largest absolute Gasteiger partial charge is 0.478 e. The third-order valence-corrected chi connectivity index (χ3v) is 3.46. The number of carbonyl (C=O) groups is 1. The maximum atomic E-state index is 11.1. The van der Waals surface area contributed by atoms with Gasteiger partial charge in [0, 0.05) is 12.3 Å². The maximum absolute atomic E-state index is 11.1. The summed E-state index contributed by atoms with van der Waals surface area (Å²) < 4.78 is 5.53. The van der Waals surface area contributed by atoms with E-state index in [1.165, 1.54) is 0 Å². The third kappa shape index (κ3) is 2.26. The average molecular weight is 235 g/mol. The Balaban J connectivity index is 2.27. The first-order valence-electron chi connectivity index (χ1n) is 5.75. The Labute approximate surface area is 101 Å². The second-order valence-electron chi connectivity index (χ2n) is 4.66. The molecule has 92 valence electrons. The van der Waals surface area contributed by atoms with Gasteiger partial charge in [-0.2, -0.15) is 0 Å². The molecule has 2 atom stereocenters. The molecule has 1 fully saturated rings. The molecule has 4 heteroatoms. The van der Waals surface area contributed by atoms with Crippen molar-refractivity contribution in [2.75, 3.05) is 11.9 Å². The average Bonchev–Trinajstić information content (AvgIpc) is 2.59. The zero-order valence-corrected chi connectivity index (χ0v) is 10.1. The summed E-state index contributed by atoms with van der Waals surface area (Å²) in [7, 11) is 0. The molecule has 0 spiro atoms. The molecule has 0 radical (unpaired) electrons. The van der Waals surface area contributed by atoms with Crippen molar-refractivity contribution in [3.8, 4) is 0 Å². The fourth-order valence-corrected chi connectivity index (χ4v) is 2.09. The first kappa shape index (κ1) is 11.9. The van der Waals surface area contributed by atoms with Gasteiger partial charge in [0.1, 0.15) is 0 Å². The minimum Gasteiger partial charge on any atom is -0.478 e. The zero-order valence-electron chi connectivity index (χ0n) is 10.1. The molecular formula is C13H17NO3. The Morgan fingerprint density at radius 1 is 1.53 bits per heavy atom. The van der Waals surface area contributed by atoms with Gasteiger partial charge in [-0.05, 0) is 32.4 Å². The summed E-state index contributed by atoms with van der Waals surface area (Å²) in [6.45, 7) is 4.77. The lowest BCUT2D eigenvalue weighted by atomic mass is 9.93. The molecule has 0 aromatic heterocycles. The van der Waals surface area contributed by atoms with Crippen molar-refractivity contribution >= 4 is 11.7 Å². The van der Waals surface area contributed by atoms with E-state index in [0.717, 1.165) is 6.42 Å². The molecule has 17 heavy (non-hydrogen) atoms. The fourth-order valence-electron chi connectivity index (χ4n) is 2.09. The summed E-state index contributed by atoms with van der Waals surface area (Å²) in [6, 6.07) is 6.96. The smallest absolute Gasteiger partial charge is 0.337 e. The van der Waals surface area contributed by atoms with E-state index in [-0.39, 0.29) is 11.6 Å². The number of benzene rings is 1. The Morgan fingerprint density at radius 3 is 2.82 bits per heavy atom. The SMILES string of the molecule is CC1OCCC1(C)Nc1ccccc1C(=O)O. The monoisotopic (exact) mass is 235 g/mol. The molecule has 1 heterocycles. The highest BCUT2D eigenvalue weighted by atomic mass is 16.5. The number of nitrogens with one attached hydrogen (secondary N) is 1. The summed E-state index contributed by atoms with van der Waals surface area (Å²) >= 11 is 0. The van der Waals surface area contributed by atoms with E-state index in [2.05, 4.69) is 12.2 Å². The van der Waals surface area contributed by atoms with E-state index in [1.807, 2.05) is 13.0 Å². The molecule has 1 aliphatic heterocycles. The van der Waals surface area contributed by atoms with Gasteiger partial charge in [-0.15, -0.1) is 0 Å². The number of para-hydroxylation sites is 1. The molecule has 1 aromatic rings. The Morgan fingerprint density at radius 2 is 2.24 bits per heavy atom. The van der Waals surface area contributed by atoms with Crippen molar-refractivity contribution in [3.63, 3.8) is 0 Å². The lowest BCUT2D eigenvalue weighted by Gasteiger charge is -2.30. The molecular weight excluding hydrogens is 218 g/mol. The summed E-state index contributed by atoms with van der Waals surface area (Å²) in [6.07, 6.45) is 0.951. The van der Waals surface area contributed by atoms with Gasteiger partial charge in [0.2, 0.25) is 0 Å². The zero-order chi connectivity index (χ0) is 12.5. The number of hydrogen-bond donors (Lipinski definition) is 2. The highest BCUT2D eigenvalue weighted by Crippen LogP contribution is 2.30. The Bertz CT molecular complexity index is 432. The van der Waals surface area contributed by atoms with Crippen LogP contribution in [0.4, 0.5) is 5.69 Å². The number of ether oxygens (including phenoxy) is 1. The summed E-state index contributed by atoms with van der Waals surface area (Å²) in [5.41, 5.74) is 0.749. The summed E-state index contributed by atoms with van der Waals surface area (Å²) in [4.78, 5) is 11.1. The Kier molecular flexibility index (Phi) is 3.07. The highest BCUT2D eigenvalue weighted by molar-refractivity contribution is 5.94. The van der Waals surface area contributed by atoms with Gasteiger partial charge < -0.3 is 15.2 Å². The molecule has 0 saturated carbocycles. The van der Waals surface area contributed by atoms with Crippen LogP contribution in [0, 0.1) is 0 Å². The lowest BCUT2D eigenvalue weighted by Crippen LogP contribution is -2.41. The minimum absolute atomic E-state index is 0.0735. The summed E-state index contributed by atoms with van der Waals surface area (Å²) in [5, 5.41) is 12.4. The quantitative estimate of drug-likeness (QED) is 0.844. The molecule has 2 rings (SSSR count). The first-order valence-corrected chi connectivity index (χ1v) is 5.75. The van der Waals surface area contributed by atoms with Gasteiger partial charge in [0.05, 0.1) is 17.2 Å². The Hall–Kier alpha value is -1.55. The van der Waals surface area contributed by atoms with Crippen LogP contribution in [0.1, 0.15) is 30.6 Å². The van der Waals surface area contributed by atoms with Crippen LogP contribution in [0.25, 0.3) is 0 Å². The van der Waals surface area contributed by atoms with Crippen LogP contribution < -0.4 is 5.32 Å². The van der Waals surface area contributed by atoms with Crippen molar-refractivity contribution in [1.82, 2.24) is 0 Å². The molecule has 0 aliphatic carbocycles. The second-order valence-corrected chi connectivity index (χ2v) is 4.66. The molecule has 1 saturated heterocycles. The van der Waals surface area contributed by atoms with E-state index in [1.54, 1.807) is 18.2 Å². The van der Waals surface area contributed by atoms with Gasteiger partial charge in [-0.25, -0.2) is 4.79 Å². The van der Waals surface area contributed by atoms with Crippen LogP contribution in [0.5, 0.6) is 0 Å². The van der Waals surface area contributed by atoms with E-state index in [9.17, 15) is 4.79 Å². The van der Waals surface area contributed by atoms with Crippen LogP contribution in [0.15, 0.2) is 24.3 Å². The van der Waals surface area contributed by atoms with E-state index in [4.69, 9.17) is 9.84 Å². The number of aromatic carboxylic acids is 1. The van der Waals surface area contributed by atoms with Crippen molar-refractivity contribution < 1.29 is 14.6 Å². The summed E-state index contributed by atoms with van der Waals surface area (Å²) in [5.74, 6) is -0.914. The van der Waals surface area contributed by atoms with E-state index < -0.39 is 5.97 Å². The van der Waals surface area contributed by atoms with E-state index in [0.29, 0.717) is 17.9 Å². The van der Waals surface area contributed by atoms with Gasteiger partial charge in [-0.3, -0.25) is 0 Å². The molecule has 2 unspecified atom stereocenters. The van der Waals surface area contributed by atoms with Crippen LogP contribution in [0.2, 0.25) is 0 Å². The minimum atomic E-state index is -0.914. The van der Waals surface area contributed by atoms with Gasteiger partial charge in [0.15, 0.2) is 0 Å². The fraction of sp³-hybridized carbons (Fsp3) is 0.462. The van der Waals surface area contributed by atoms with Crippen LogP contribution in [-0.2, 0) is 4.74 Å². The van der Waals surface area contributed by atoms with Crippen molar-refractivity contribution in [2.24, 2.45) is 0 Å². The van der Waals surface area contributed by atoms with Crippen molar-refractivity contribution in [2.45, 2.75) is 31.9 Å². The number of carboxylic acids is 1. The lowest BCUT2D eigenvalue weighted by molar-refractivity contribution is 0.0697. The number of hydrogen-bond acceptors (Lipinski definition) is 3. The molecule has 4 nitrogen and oxygen atoms in total. The first-order chi connectivity index (χ1) is 8.03. The second kappa shape index (κ2) is 4.37. The maximum Gasteiger partial charge on any atom is 0.337 e. The normalized spacial score (nSPS) is 28.0. The molecule has 1 aromatic carbocycles. The number of rotatable bonds is 3. The third-order valence-electron chi connectivity index (χ3n) is 3.46. The van der Waals surface area contributed by atoms with Crippen molar-refractivity contribution in [3.05, 3.63) is 29.8 Å². The van der Waals surface area contributed by atoms with Gasteiger partial charge in [0.25, 0.3) is 0 Å². The molecule has 1 aliphatic rings. The predicted molar refractivity (Wildman–Crippen MR) is 65.5 cm³/mol. The highest BCUT2D eigenvalue weighted by Gasteiger charge is 2.37.